The maximum Gasteiger partial charge on any atom is 0.207 e. The van der Waals surface area contributed by atoms with E-state index in [9.17, 15) is 0 Å². The second-order valence-corrected chi connectivity index (χ2v) is 5.26. The smallest absolute Gasteiger partial charge is 0.207 e. The molecule has 0 atom stereocenters. The van der Waals surface area contributed by atoms with Crippen LogP contribution in [0, 0.1) is 6.92 Å². The van der Waals surface area contributed by atoms with Crippen molar-refractivity contribution in [3.05, 3.63) is 24.3 Å². The van der Waals surface area contributed by atoms with Crippen LogP contribution in [0.4, 0.5) is 11.6 Å². The highest BCUT2D eigenvalue weighted by Crippen LogP contribution is 2.32. The molecule has 0 spiro atoms. The van der Waals surface area contributed by atoms with Crippen molar-refractivity contribution in [3.63, 3.8) is 0 Å². The topological polar surface area (TPSA) is 47.7 Å². The third kappa shape index (κ3) is 2.50. The van der Waals surface area contributed by atoms with Crippen molar-refractivity contribution < 1.29 is 0 Å². The van der Waals surface area contributed by atoms with E-state index in [-0.39, 0.29) is 0 Å². The number of anilines is 2. The molecule has 5 nitrogen and oxygen atoms in total. The zero-order valence-electron chi connectivity index (χ0n) is 11.6. The minimum Gasteiger partial charge on any atom is -0.323 e. The van der Waals surface area contributed by atoms with Crippen molar-refractivity contribution in [2.45, 2.75) is 52.1 Å². The van der Waals surface area contributed by atoms with Gasteiger partial charge in [-0.3, -0.25) is 4.68 Å². The molecule has 2 aromatic heterocycles. The molecule has 19 heavy (non-hydrogen) atoms. The fraction of sp³-hybridized carbons (Fsp3) is 0.571. The van der Waals surface area contributed by atoms with Crippen molar-refractivity contribution in [3.8, 4) is 0 Å². The molecule has 1 N–H and O–H groups in total. The van der Waals surface area contributed by atoms with Gasteiger partial charge in [0, 0.05) is 25.0 Å². The Hall–Kier alpha value is -1.78. The van der Waals surface area contributed by atoms with E-state index < -0.39 is 0 Å². The van der Waals surface area contributed by atoms with Gasteiger partial charge >= 0.3 is 0 Å². The number of aromatic nitrogens is 4. The summed E-state index contributed by atoms with van der Waals surface area (Å²) in [5.74, 6) is 0.944. The molecule has 2 heterocycles. The van der Waals surface area contributed by atoms with E-state index in [0.717, 1.165) is 23.9 Å². The summed E-state index contributed by atoms with van der Waals surface area (Å²) in [6.45, 7) is 5.02. The Morgan fingerprint density at radius 2 is 2.11 bits per heavy atom. The van der Waals surface area contributed by atoms with Crippen molar-refractivity contribution >= 4 is 11.6 Å². The Labute approximate surface area is 113 Å². The SMILES string of the molecule is CCn1cc(Nc2nc(C)cn2C2CCCC2)cn1. The first-order valence-electron chi connectivity index (χ1n) is 7.11. The first kappa shape index (κ1) is 12.3. The average molecular weight is 259 g/mol. The number of nitrogens with zero attached hydrogens (tertiary/aromatic N) is 4. The second-order valence-electron chi connectivity index (χ2n) is 5.26. The van der Waals surface area contributed by atoms with Crippen LogP contribution in [0.2, 0.25) is 0 Å². The molecule has 3 rings (SSSR count). The second kappa shape index (κ2) is 5.07. The lowest BCUT2D eigenvalue weighted by molar-refractivity contribution is 0.524. The van der Waals surface area contributed by atoms with Crippen LogP contribution >= 0.6 is 0 Å². The fourth-order valence-corrected chi connectivity index (χ4v) is 2.80. The third-order valence-electron chi connectivity index (χ3n) is 3.78. The lowest BCUT2D eigenvalue weighted by Crippen LogP contribution is -2.07. The van der Waals surface area contributed by atoms with Crippen LogP contribution in [-0.4, -0.2) is 19.3 Å². The molecule has 1 aliphatic rings. The quantitative estimate of drug-likeness (QED) is 0.916. The van der Waals surface area contributed by atoms with E-state index in [4.69, 9.17) is 0 Å². The van der Waals surface area contributed by atoms with Gasteiger partial charge < -0.3 is 9.88 Å². The highest BCUT2D eigenvalue weighted by atomic mass is 15.3. The van der Waals surface area contributed by atoms with Gasteiger partial charge in [-0.15, -0.1) is 0 Å². The zero-order chi connectivity index (χ0) is 13.2. The van der Waals surface area contributed by atoms with E-state index >= 15 is 0 Å². The minimum absolute atomic E-state index is 0.602. The lowest BCUT2D eigenvalue weighted by Gasteiger charge is -2.14. The van der Waals surface area contributed by atoms with Crippen LogP contribution < -0.4 is 5.32 Å². The van der Waals surface area contributed by atoms with Crippen molar-refractivity contribution in [2.75, 3.05) is 5.32 Å². The molecule has 0 radical (unpaired) electrons. The van der Waals surface area contributed by atoms with Gasteiger partial charge in [-0.1, -0.05) is 12.8 Å². The summed E-state index contributed by atoms with van der Waals surface area (Å²) in [6, 6.07) is 0.602. The van der Waals surface area contributed by atoms with Gasteiger partial charge in [0.1, 0.15) is 0 Å². The van der Waals surface area contributed by atoms with Crippen molar-refractivity contribution in [2.24, 2.45) is 0 Å². The van der Waals surface area contributed by atoms with E-state index in [1.165, 1.54) is 25.7 Å². The average Bonchev–Trinajstić information content (AvgIpc) is 3.10. The Balaban J connectivity index is 1.83. The molecule has 5 heteroatoms. The van der Waals surface area contributed by atoms with E-state index in [1.807, 2.05) is 24.0 Å². The van der Waals surface area contributed by atoms with Crippen LogP contribution in [0.1, 0.15) is 44.3 Å². The number of nitrogens with one attached hydrogen (secondary N) is 1. The van der Waals surface area contributed by atoms with Gasteiger partial charge in [0.25, 0.3) is 0 Å². The highest BCUT2D eigenvalue weighted by molar-refractivity contribution is 5.51. The van der Waals surface area contributed by atoms with Crippen LogP contribution in [0.3, 0.4) is 0 Å². The summed E-state index contributed by atoms with van der Waals surface area (Å²) >= 11 is 0. The van der Waals surface area contributed by atoms with Crippen LogP contribution in [-0.2, 0) is 6.54 Å². The maximum absolute atomic E-state index is 4.60. The molecule has 0 unspecified atom stereocenters. The number of aryl methyl sites for hydroxylation is 2. The van der Waals surface area contributed by atoms with E-state index in [2.05, 4.69) is 33.1 Å². The number of hydrogen-bond acceptors (Lipinski definition) is 3. The highest BCUT2D eigenvalue weighted by Gasteiger charge is 2.20. The number of hydrogen-bond donors (Lipinski definition) is 1. The minimum atomic E-state index is 0.602. The largest absolute Gasteiger partial charge is 0.323 e. The molecule has 1 saturated carbocycles. The van der Waals surface area contributed by atoms with Crippen molar-refractivity contribution in [1.82, 2.24) is 19.3 Å². The molecule has 1 fully saturated rings. The van der Waals surface area contributed by atoms with Gasteiger partial charge in [0.05, 0.1) is 17.6 Å². The van der Waals surface area contributed by atoms with Crippen LogP contribution in [0.25, 0.3) is 0 Å². The van der Waals surface area contributed by atoms with E-state index in [1.54, 1.807) is 0 Å². The molecular weight excluding hydrogens is 238 g/mol. The van der Waals surface area contributed by atoms with Gasteiger partial charge in [-0.25, -0.2) is 4.98 Å². The molecular formula is C14H21N5. The standard InChI is InChI=1S/C14H21N5/c1-3-18-10-12(8-15-18)17-14-16-11(2)9-19(14)13-6-4-5-7-13/h8-10,13H,3-7H2,1-2H3,(H,16,17). The fourth-order valence-electron chi connectivity index (χ4n) is 2.80. The van der Waals surface area contributed by atoms with Crippen LogP contribution in [0.15, 0.2) is 18.6 Å². The van der Waals surface area contributed by atoms with E-state index in [0.29, 0.717) is 6.04 Å². The summed E-state index contributed by atoms with van der Waals surface area (Å²) in [7, 11) is 0. The normalized spacial score (nSPS) is 16.1. The molecule has 102 valence electrons. The molecule has 0 bridgehead atoms. The van der Waals surface area contributed by atoms with Crippen molar-refractivity contribution in [1.29, 1.82) is 0 Å². The number of rotatable bonds is 4. The maximum atomic E-state index is 4.60. The first-order valence-corrected chi connectivity index (χ1v) is 7.11. The Bertz CT molecular complexity index is 548. The molecule has 1 aliphatic carbocycles. The van der Waals surface area contributed by atoms with Gasteiger partial charge in [-0.05, 0) is 26.7 Å². The Morgan fingerprint density at radius 3 is 2.79 bits per heavy atom. The molecule has 0 amide bonds. The molecule has 0 aromatic carbocycles. The van der Waals surface area contributed by atoms with Gasteiger partial charge in [0.15, 0.2) is 0 Å². The third-order valence-corrected chi connectivity index (χ3v) is 3.78. The monoisotopic (exact) mass is 259 g/mol. The summed E-state index contributed by atoms with van der Waals surface area (Å²) in [5.41, 5.74) is 2.07. The first-order chi connectivity index (χ1) is 9.26. The Morgan fingerprint density at radius 1 is 1.32 bits per heavy atom. The van der Waals surface area contributed by atoms with Gasteiger partial charge in [-0.2, -0.15) is 5.10 Å². The summed E-state index contributed by atoms with van der Waals surface area (Å²) in [6.07, 6.45) is 11.2. The number of imidazole rings is 1. The molecule has 0 saturated heterocycles. The molecule has 0 aliphatic heterocycles. The zero-order valence-corrected chi connectivity index (χ0v) is 11.6. The van der Waals surface area contributed by atoms with Gasteiger partial charge in [0.2, 0.25) is 5.95 Å². The molecule has 2 aromatic rings. The lowest BCUT2D eigenvalue weighted by atomic mass is 10.2. The Kier molecular flexibility index (Phi) is 3.27. The summed E-state index contributed by atoms with van der Waals surface area (Å²) in [5, 5.41) is 7.68. The predicted molar refractivity (Wildman–Crippen MR) is 75.7 cm³/mol. The predicted octanol–water partition coefficient (Wildman–Crippen LogP) is 3.27. The van der Waals surface area contributed by atoms with Crippen LogP contribution in [0.5, 0.6) is 0 Å². The summed E-state index contributed by atoms with van der Waals surface area (Å²) in [4.78, 5) is 4.60. The summed E-state index contributed by atoms with van der Waals surface area (Å²) < 4.78 is 4.21.